The third-order valence-corrected chi connectivity index (χ3v) is 4.22. The van der Waals surface area contributed by atoms with Crippen molar-refractivity contribution in [2.45, 2.75) is 32.6 Å². The average molecular weight is 281 g/mol. The SMILES string of the molecule is Cc1nc(N2CCCCCC2)c2oc3ccccc3c2n1. The van der Waals surface area contributed by atoms with Crippen LogP contribution in [0, 0.1) is 6.92 Å². The van der Waals surface area contributed by atoms with E-state index >= 15 is 0 Å². The van der Waals surface area contributed by atoms with Crippen LogP contribution in [0.15, 0.2) is 28.7 Å². The zero-order valence-electron chi connectivity index (χ0n) is 12.3. The minimum Gasteiger partial charge on any atom is -0.450 e. The van der Waals surface area contributed by atoms with E-state index in [0.717, 1.165) is 46.8 Å². The molecule has 3 heterocycles. The lowest BCUT2D eigenvalue weighted by Crippen LogP contribution is -2.25. The molecule has 1 aromatic carbocycles. The van der Waals surface area contributed by atoms with E-state index < -0.39 is 0 Å². The Labute approximate surface area is 123 Å². The molecule has 0 radical (unpaired) electrons. The number of hydrogen-bond donors (Lipinski definition) is 0. The topological polar surface area (TPSA) is 42.2 Å². The Morgan fingerprint density at radius 2 is 1.76 bits per heavy atom. The highest BCUT2D eigenvalue weighted by molar-refractivity contribution is 6.05. The van der Waals surface area contributed by atoms with Crippen LogP contribution in [0.4, 0.5) is 5.82 Å². The predicted octanol–water partition coefficient (Wildman–Crippen LogP) is 4.06. The molecule has 21 heavy (non-hydrogen) atoms. The van der Waals surface area contributed by atoms with Crippen molar-refractivity contribution in [1.82, 2.24) is 9.97 Å². The number of hydrogen-bond acceptors (Lipinski definition) is 4. The summed E-state index contributed by atoms with van der Waals surface area (Å²) in [6, 6.07) is 8.09. The van der Waals surface area contributed by atoms with Crippen LogP contribution >= 0.6 is 0 Å². The summed E-state index contributed by atoms with van der Waals surface area (Å²) in [4.78, 5) is 11.7. The monoisotopic (exact) mass is 281 g/mol. The van der Waals surface area contributed by atoms with Crippen molar-refractivity contribution in [1.29, 1.82) is 0 Å². The van der Waals surface area contributed by atoms with Gasteiger partial charge in [0.05, 0.1) is 0 Å². The van der Waals surface area contributed by atoms with Gasteiger partial charge in [0.15, 0.2) is 11.4 Å². The number of rotatable bonds is 1. The van der Waals surface area contributed by atoms with Gasteiger partial charge in [0.1, 0.15) is 16.9 Å². The van der Waals surface area contributed by atoms with E-state index in [-0.39, 0.29) is 0 Å². The molecule has 4 rings (SSSR count). The van der Waals surface area contributed by atoms with Gasteiger partial charge >= 0.3 is 0 Å². The van der Waals surface area contributed by atoms with Crippen molar-refractivity contribution in [3.05, 3.63) is 30.1 Å². The molecular formula is C17H19N3O. The first-order valence-corrected chi connectivity index (χ1v) is 7.74. The van der Waals surface area contributed by atoms with Crippen LogP contribution in [-0.4, -0.2) is 23.1 Å². The Morgan fingerprint density at radius 3 is 2.57 bits per heavy atom. The Kier molecular flexibility index (Phi) is 3.02. The first-order valence-electron chi connectivity index (χ1n) is 7.74. The van der Waals surface area contributed by atoms with Gasteiger partial charge in [0, 0.05) is 18.5 Å². The molecule has 1 aliphatic rings. The lowest BCUT2D eigenvalue weighted by Gasteiger charge is -2.21. The molecule has 4 heteroatoms. The van der Waals surface area contributed by atoms with Crippen LogP contribution in [0.2, 0.25) is 0 Å². The van der Waals surface area contributed by atoms with Crippen molar-refractivity contribution in [3.63, 3.8) is 0 Å². The molecule has 1 fully saturated rings. The highest BCUT2D eigenvalue weighted by Crippen LogP contribution is 2.33. The molecular weight excluding hydrogens is 262 g/mol. The van der Waals surface area contributed by atoms with Crippen LogP contribution in [0.3, 0.4) is 0 Å². The van der Waals surface area contributed by atoms with E-state index in [2.05, 4.69) is 20.9 Å². The third kappa shape index (κ3) is 2.15. The molecule has 1 aliphatic heterocycles. The summed E-state index contributed by atoms with van der Waals surface area (Å²) in [5.41, 5.74) is 2.67. The van der Waals surface area contributed by atoms with Crippen molar-refractivity contribution < 1.29 is 4.42 Å². The van der Waals surface area contributed by atoms with Crippen molar-refractivity contribution in [2.24, 2.45) is 0 Å². The highest BCUT2D eigenvalue weighted by atomic mass is 16.3. The molecule has 3 aromatic rings. The van der Waals surface area contributed by atoms with Crippen LogP contribution in [0.25, 0.3) is 22.1 Å². The fourth-order valence-electron chi connectivity index (χ4n) is 3.18. The summed E-state index contributed by atoms with van der Waals surface area (Å²) >= 11 is 0. The molecule has 0 unspecified atom stereocenters. The zero-order valence-corrected chi connectivity index (χ0v) is 12.3. The second kappa shape index (κ2) is 5.02. The van der Waals surface area contributed by atoms with Gasteiger partial charge in [-0.1, -0.05) is 25.0 Å². The van der Waals surface area contributed by atoms with Crippen LogP contribution < -0.4 is 4.90 Å². The molecule has 2 aromatic heterocycles. The maximum atomic E-state index is 6.07. The third-order valence-electron chi connectivity index (χ3n) is 4.22. The van der Waals surface area contributed by atoms with Crippen molar-refractivity contribution >= 4 is 27.9 Å². The minimum absolute atomic E-state index is 0.813. The number of aryl methyl sites for hydroxylation is 1. The van der Waals surface area contributed by atoms with E-state index in [1.165, 1.54) is 25.7 Å². The molecule has 0 amide bonds. The van der Waals surface area contributed by atoms with Crippen LogP contribution in [0.5, 0.6) is 0 Å². The number of furan rings is 1. The lowest BCUT2D eigenvalue weighted by atomic mass is 10.2. The standard InChI is InChI=1S/C17H19N3O/c1-12-18-15-13-8-4-5-9-14(13)21-16(15)17(19-12)20-10-6-2-3-7-11-20/h4-5,8-9H,2-3,6-7,10-11H2,1H3. The van der Waals surface area contributed by atoms with Gasteiger partial charge in [-0.3, -0.25) is 0 Å². The van der Waals surface area contributed by atoms with Gasteiger partial charge in [-0.05, 0) is 31.9 Å². The zero-order chi connectivity index (χ0) is 14.2. The first-order chi connectivity index (χ1) is 10.3. The smallest absolute Gasteiger partial charge is 0.196 e. The Morgan fingerprint density at radius 1 is 1.00 bits per heavy atom. The van der Waals surface area contributed by atoms with E-state index in [1.54, 1.807) is 0 Å². The van der Waals surface area contributed by atoms with E-state index in [1.807, 2.05) is 25.1 Å². The first kappa shape index (κ1) is 12.6. The number of anilines is 1. The minimum atomic E-state index is 0.813. The molecule has 108 valence electrons. The lowest BCUT2D eigenvalue weighted by molar-refractivity contribution is 0.657. The number of para-hydroxylation sites is 1. The summed E-state index contributed by atoms with van der Waals surface area (Å²) in [7, 11) is 0. The molecule has 0 bridgehead atoms. The second-order valence-corrected chi connectivity index (χ2v) is 5.77. The van der Waals surface area contributed by atoms with Crippen LogP contribution in [0.1, 0.15) is 31.5 Å². The van der Waals surface area contributed by atoms with Gasteiger partial charge in [0.2, 0.25) is 0 Å². The number of nitrogens with zero attached hydrogens (tertiary/aromatic N) is 3. The van der Waals surface area contributed by atoms with Gasteiger partial charge in [-0.25, -0.2) is 9.97 Å². The molecule has 0 N–H and O–H groups in total. The molecule has 4 nitrogen and oxygen atoms in total. The molecule has 0 spiro atoms. The Hall–Kier alpha value is -2.10. The van der Waals surface area contributed by atoms with Gasteiger partial charge < -0.3 is 9.32 Å². The number of aromatic nitrogens is 2. The fourth-order valence-corrected chi connectivity index (χ4v) is 3.18. The van der Waals surface area contributed by atoms with E-state index in [0.29, 0.717) is 0 Å². The van der Waals surface area contributed by atoms with Gasteiger partial charge in [0.25, 0.3) is 0 Å². The van der Waals surface area contributed by atoms with E-state index in [4.69, 9.17) is 4.42 Å². The predicted molar refractivity (Wildman–Crippen MR) is 84.7 cm³/mol. The normalized spacial score (nSPS) is 16.5. The van der Waals surface area contributed by atoms with Gasteiger partial charge in [-0.15, -0.1) is 0 Å². The van der Waals surface area contributed by atoms with Gasteiger partial charge in [-0.2, -0.15) is 0 Å². The van der Waals surface area contributed by atoms with Crippen molar-refractivity contribution in [3.8, 4) is 0 Å². The maximum Gasteiger partial charge on any atom is 0.196 e. The molecule has 0 atom stereocenters. The van der Waals surface area contributed by atoms with Crippen LogP contribution in [-0.2, 0) is 0 Å². The summed E-state index contributed by atoms with van der Waals surface area (Å²) in [5.74, 6) is 1.78. The molecule has 0 saturated carbocycles. The second-order valence-electron chi connectivity index (χ2n) is 5.77. The summed E-state index contributed by atoms with van der Waals surface area (Å²) in [6.07, 6.45) is 5.07. The van der Waals surface area contributed by atoms with Crippen molar-refractivity contribution in [2.75, 3.05) is 18.0 Å². The quantitative estimate of drug-likeness (QED) is 0.674. The van der Waals surface area contributed by atoms with E-state index in [9.17, 15) is 0 Å². The Balaban J connectivity index is 1.94. The summed E-state index contributed by atoms with van der Waals surface area (Å²) < 4.78 is 6.07. The number of fused-ring (bicyclic) bond motifs is 3. The highest BCUT2D eigenvalue weighted by Gasteiger charge is 2.20. The summed E-state index contributed by atoms with van der Waals surface area (Å²) in [6.45, 7) is 4.08. The fraction of sp³-hybridized carbons (Fsp3) is 0.412. The average Bonchev–Trinajstić information content (AvgIpc) is 2.69. The molecule has 0 aliphatic carbocycles. The maximum absolute atomic E-state index is 6.07. The Bertz CT molecular complexity index is 785. The molecule has 1 saturated heterocycles. The summed E-state index contributed by atoms with van der Waals surface area (Å²) in [5, 5.41) is 1.08. The largest absolute Gasteiger partial charge is 0.450 e. The number of benzene rings is 1.